The molecule has 3 atom stereocenters. The molecule has 1 aliphatic heterocycles. The molecule has 2 heterocycles. The zero-order valence-corrected chi connectivity index (χ0v) is 21.7. The molecule has 0 saturated carbocycles. The second-order valence-corrected chi connectivity index (χ2v) is 9.43. The highest BCUT2D eigenvalue weighted by Crippen LogP contribution is 2.36. The summed E-state index contributed by atoms with van der Waals surface area (Å²) in [6.07, 6.45) is 4.44. The summed E-state index contributed by atoms with van der Waals surface area (Å²) in [4.78, 5) is 8.82. The first kappa shape index (κ1) is 26.7. The molecule has 7 heteroatoms. The highest BCUT2D eigenvalue weighted by Gasteiger charge is 2.31. The van der Waals surface area contributed by atoms with Crippen LogP contribution in [0.4, 0.5) is 0 Å². The van der Waals surface area contributed by atoms with E-state index in [1.165, 1.54) is 24.3 Å². The van der Waals surface area contributed by atoms with Crippen LogP contribution >= 0.6 is 35.3 Å². The molecule has 0 amide bonds. The van der Waals surface area contributed by atoms with Crippen molar-refractivity contribution in [3.63, 3.8) is 0 Å². The van der Waals surface area contributed by atoms with Crippen molar-refractivity contribution in [2.75, 3.05) is 39.8 Å². The molecule has 2 rings (SSSR count). The smallest absolute Gasteiger partial charge is 0.191 e. The molecule has 0 radical (unpaired) electrons. The van der Waals surface area contributed by atoms with E-state index < -0.39 is 0 Å². The lowest BCUT2D eigenvalue weighted by molar-refractivity contribution is 0.125. The summed E-state index contributed by atoms with van der Waals surface area (Å²) < 4.78 is 0. The molecule has 1 fully saturated rings. The Hall–Kier alpha value is -0.380. The van der Waals surface area contributed by atoms with Gasteiger partial charge in [-0.2, -0.15) is 0 Å². The molecule has 168 valence electrons. The van der Waals surface area contributed by atoms with Gasteiger partial charge in [-0.3, -0.25) is 9.89 Å². The topological polar surface area (TPSA) is 59.9 Å². The number of hydrogen-bond donors (Lipinski definition) is 3. The van der Waals surface area contributed by atoms with E-state index in [0.29, 0.717) is 23.8 Å². The van der Waals surface area contributed by atoms with E-state index in [4.69, 9.17) is 4.99 Å². The summed E-state index contributed by atoms with van der Waals surface area (Å²) >= 11 is 1.87. The van der Waals surface area contributed by atoms with Crippen molar-refractivity contribution in [3.8, 4) is 0 Å². The number of likely N-dealkylation sites (tertiary alicyclic amines) is 1. The van der Waals surface area contributed by atoms with Crippen LogP contribution in [0.2, 0.25) is 0 Å². The van der Waals surface area contributed by atoms with Crippen LogP contribution in [0.25, 0.3) is 0 Å². The van der Waals surface area contributed by atoms with Gasteiger partial charge >= 0.3 is 0 Å². The van der Waals surface area contributed by atoms with Crippen molar-refractivity contribution in [2.45, 2.75) is 52.5 Å². The predicted octanol–water partition coefficient (Wildman–Crippen LogP) is 4.35. The predicted molar refractivity (Wildman–Crippen MR) is 136 cm³/mol. The van der Waals surface area contributed by atoms with Crippen LogP contribution in [0.3, 0.4) is 0 Å². The second-order valence-electron chi connectivity index (χ2n) is 8.45. The monoisotopic (exact) mass is 536 g/mol. The number of nitrogens with zero attached hydrogens (tertiary/aromatic N) is 2. The summed E-state index contributed by atoms with van der Waals surface area (Å²) in [6, 6.07) is 4.93. The van der Waals surface area contributed by atoms with E-state index in [-0.39, 0.29) is 30.6 Å². The highest BCUT2D eigenvalue weighted by atomic mass is 127. The van der Waals surface area contributed by atoms with Crippen LogP contribution < -0.4 is 10.6 Å². The van der Waals surface area contributed by atoms with Crippen molar-refractivity contribution in [1.29, 1.82) is 0 Å². The van der Waals surface area contributed by atoms with Gasteiger partial charge in [0.15, 0.2) is 5.96 Å². The van der Waals surface area contributed by atoms with Crippen molar-refractivity contribution in [1.82, 2.24) is 15.5 Å². The van der Waals surface area contributed by atoms with E-state index in [0.717, 1.165) is 38.4 Å². The van der Waals surface area contributed by atoms with E-state index in [2.05, 4.69) is 60.9 Å². The summed E-state index contributed by atoms with van der Waals surface area (Å²) in [7, 11) is 2.25. The average molecular weight is 537 g/mol. The largest absolute Gasteiger partial charge is 0.396 e. The molecular weight excluding hydrogens is 495 g/mol. The van der Waals surface area contributed by atoms with Gasteiger partial charge in [0.05, 0.1) is 0 Å². The van der Waals surface area contributed by atoms with Crippen molar-refractivity contribution < 1.29 is 5.11 Å². The molecule has 1 aliphatic rings. The van der Waals surface area contributed by atoms with Gasteiger partial charge in [-0.1, -0.05) is 19.9 Å². The molecule has 0 aliphatic carbocycles. The quantitative estimate of drug-likeness (QED) is 0.237. The lowest BCUT2D eigenvalue weighted by Crippen LogP contribution is -2.45. The SMILES string of the molecule is CCNC(=NCC(CCO)CC(C)C)NCC1CCCN(C)C1c1cccs1.I. The number of thiophene rings is 1. The Balaban J connectivity index is 0.00000420. The molecule has 1 aromatic rings. The molecule has 5 nitrogen and oxygen atoms in total. The zero-order valence-electron chi connectivity index (χ0n) is 18.6. The van der Waals surface area contributed by atoms with Gasteiger partial charge in [-0.15, -0.1) is 35.3 Å². The Bertz CT molecular complexity index is 567. The highest BCUT2D eigenvalue weighted by molar-refractivity contribution is 14.0. The van der Waals surface area contributed by atoms with Gasteiger partial charge < -0.3 is 15.7 Å². The fourth-order valence-corrected chi connectivity index (χ4v) is 5.29. The van der Waals surface area contributed by atoms with Gasteiger partial charge in [0.25, 0.3) is 0 Å². The molecule has 0 bridgehead atoms. The average Bonchev–Trinajstić information content (AvgIpc) is 3.17. The molecule has 3 unspecified atom stereocenters. The number of halogens is 1. The number of rotatable bonds is 10. The Labute approximate surface area is 198 Å². The number of nitrogens with one attached hydrogen (secondary N) is 2. The lowest BCUT2D eigenvalue weighted by atomic mass is 9.88. The first-order valence-electron chi connectivity index (χ1n) is 10.9. The van der Waals surface area contributed by atoms with E-state index >= 15 is 0 Å². The molecule has 0 aromatic carbocycles. The standard InChI is InChI=1S/C22H40N4OS.HI/c1-5-23-22(24-15-18(10-12-27)14-17(2)3)25-16-19-8-6-11-26(4)21(19)20-9-7-13-28-20;/h7,9,13,17-19,21,27H,5-6,8,10-12,14-16H2,1-4H3,(H2,23,24,25);1H. The number of aliphatic hydroxyl groups is 1. The normalized spacial score (nSPS) is 21.7. The fraction of sp³-hybridized carbons (Fsp3) is 0.773. The van der Waals surface area contributed by atoms with Crippen molar-refractivity contribution in [3.05, 3.63) is 22.4 Å². The van der Waals surface area contributed by atoms with Gasteiger partial charge in [-0.25, -0.2) is 0 Å². The Morgan fingerprint density at radius 3 is 2.79 bits per heavy atom. The summed E-state index contributed by atoms with van der Waals surface area (Å²) in [5.41, 5.74) is 0. The Kier molecular flexibility index (Phi) is 13.4. The first-order chi connectivity index (χ1) is 13.5. The minimum absolute atomic E-state index is 0. The van der Waals surface area contributed by atoms with Crippen LogP contribution in [-0.4, -0.2) is 55.8 Å². The molecule has 1 saturated heterocycles. The number of guanidine groups is 1. The van der Waals surface area contributed by atoms with Crippen molar-refractivity contribution in [2.24, 2.45) is 22.7 Å². The van der Waals surface area contributed by atoms with E-state index in [1.807, 2.05) is 11.3 Å². The summed E-state index contributed by atoms with van der Waals surface area (Å²) in [6.45, 7) is 10.6. The third-order valence-electron chi connectivity index (χ3n) is 5.57. The van der Waals surface area contributed by atoms with Gasteiger partial charge in [0.1, 0.15) is 0 Å². The third-order valence-corrected chi connectivity index (χ3v) is 6.51. The molecule has 1 aromatic heterocycles. The minimum atomic E-state index is 0. The maximum atomic E-state index is 9.35. The maximum absolute atomic E-state index is 9.35. The van der Waals surface area contributed by atoms with Crippen LogP contribution in [-0.2, 0) is 0 Å². The number of aliphatic hydroxyl groups excluding tert-OH is 1. The molecular formula is C22H41IN4OS. The first-order valence-corrected chi connectivity index (χ1v) is 11.8. The number of aliphatic imine (C=N–C) groups is 1. The Morgan fingerprint density at radius 1 is 1.38 bits per heavy atom. The number of hydrogen-bond acceptors (Lipinski definition) is 4. The molecule has 3 N–H and O–H groups in total. The number of piperidine rings is 1. The van der Waals surface area contributed by atoms with E-state index in [1.54, 1.807) is 0 Å². The van der Waals surface area contributed by atoms with Crippen LogP contribution in [0.1, 0.15) is 57.4 Å². The van der Waals surface area contributed by atoms with Gasteiger partial charge in [0.2, 0.25) is 0 Å². The van der Waals surface area contributed by atoms with Crippen molar-refractivity contribution >= 4 is 41.3 Å². The lowest BCUT2D eigenvalue weighted by Gasteiger charge is -2.39. The molecule has 0 spiro atoms. The van der Waals surface area contributed by atoms with Gasteiger partial charge in [0, 0.05) is 37.2 Å². The summed E-state index contributed by atoms with van der Waals surface area (Å²) in [5.74, 6) is 2.57. The maximum Gasteiger partial charge on any atom is 0.191 e. The Morgan fingerprint density at radius 2 is 2.17 bits per heavy atom. The summed E-state index contributed by atoms with van der Waals surface area (Å²) in [5, 5.41) is 18.5. The zero-order chi connectivity index (χ0) is 20.4. The minimum Gasteiger partial charge on any atom is -0.396 e. The van der Waals surface area contributed by atoms with Crippen LogP contribution in [0.5, 0.6) is 0 Å². The van der Waals surface area contributed by atoms with Crippen LogP contribution in [0, 0.1) is 17.8 Å². The van der Waals surface area contributed by atoms with Crippen LogP contribution in [0.15, 0.2) is 22.5 Å². The molecule has 29 heavy (non-hydrogen) atoms. The second kappa shape index (κ2) is 14.6. The van der Waals surface area contributed by atoms with E-state index in [9.17, 15) is 5.11 Å². The van der Waals surface area contributed by atoms with Gasteiger partial charge in [-0.05, 0) is 75.4 Å². The fourth-order valence-electron chi connectivity index (χ4n) is 4.31. The third kappa shape index (κ3) is 9.11.